The molecular formula is C30H38BrNO5. The normalized spacial score (nSPS) is 24.1. The van der Waals surface area contributed by atoms with Gasteiger partial charge in [-0.2, -0.15) is 0 Å². The number of halogens is 1. The van der Waals surface area contributed by atoms with Crippen LogP contribution in [0.5, 0.6) is 11.5 Å². The molecule has 0 unspecified atom stereocenters. The molecule has 1 heterocycles. The van der Waals surface area contributed by atoms with E-state index in [1.54, 1.807) is 0 Å². The first-order valence-electron chi connectivity index (χ1n) is 13.8. The number of carbonyl (C=O) groups excluding carboxylic acids is 1. The molecule has 7 heteroatoms. The van der Waals surface area contributed by atoms with Crippen LogP contribution in [0.3, 0.4) is 0 Å². The van der Waals surface area contributed by atoms with Gasteiger partial charge in [0.15, 0.2) is 11.5 Å². The number of hydrogen-bond donors (Lipinski definition) is 1. The highest BCUT2D eigenvalue weighted by molar-refractivity contribution is 9.10. The van der Waals surface area contributed by atoms with Crippen LogP contribution in [0.2, 0.25) is 0 Å². The van der Waals surface area contributed by atoms with Gasteiger partial charge >= 0.3 is 6.09 Å². The van der Waals surface area contributed by atoms with Gasteiger partial charge in [0.1, 0.15) is 13.2 Å². The van der Waals surface area contributed by atoms with Crippen molar-refractivity contribution in [1.82, 2.24) is 4.90 Å². The number of nitrogens with zero attached hydrogens (tertiary/aromatic N) is 1. The molecule has 37 heavy (non-hydrogen) atoms. The lowest BCUT2D eigenvalue weighted by molar-refractivity contribution is -0.0140. The average Bonchev–Trinajstić information content (AvgIpc) is 2.93. The van der Waals surface area contributed by atoms with Crippen LogP contribution in [0.4, 0.5) is 4.79 Å². The molecule has 2 fully saturated rings. The summed E-state index contributed by atoms with van der Waals surface area (Å²) in [7, 11) is 0. The van der Waals surface area contributed by atoms with Crippen LogP contribution in [0.1, 0.15) is 68.6 Å². The quantitative estimate of drug-likeness (QED) is 0.353. The van der Waals surface area contributed by atoms with Gasteiger partial charge in [-0.15, -0.1) is 0 Å². The van der Waals surface area contributed by atoms with Gasteiger partial charge in [0.05, 0.1) is 17.7 Å². The number of fused-ring (bicyclic) bond motifs is 1. The van der Waals surface area contributed by atoms with E-state index in [4.69, 9.17) is 14.2 Å². The smallest absolute Gasteiger partial charge is 0.410 e. The Morgan fingerprint density at radius 1 is 1.16 bits per heavy atom. The molecule has 2 aromatic carbocycles. The Morgan fingerprint density at radius 3 is 2.78 bits per heavy atom. The van der Waals surface area contributed by atoms with Crippen LogP contribution in [-0.4, -0.2) is 48.5 Å². The number of aliphatic hydroxyl groups excluding tert-OH is 1. The monoisotopic (exact) mass is 571 g/mol. The number of carbonyl (C=O) groups is 1. The van der Waals surface area contributed by atoms with Crippen LogP contribution in [0.15, 0.2) is 40.9 Å². The molecule has 3 aliphatic rings. The fourth-order valence-electron chi connectivity index (χ4n) is 6.81. The third-order valence-corrected chi connectivity index (χ3v) is 9.37. The Hall–Kier alpha value is -2.25. The maximum atomic E-state index is 13.4. The fraction of sp³-hybridized carbons (Fsp3) is 0.567. The second-order valence-electron chi connectivity index (χ2n) is 10.6. The van der Waals surface area contributed by atoms with Gasteiger partial charge in [-0.3, -0.25) is 0 Å². The number of unbranched alkanes of at least 4 members (excludes halogenated alkanes) is 1. The number of hydrogen-bond acceptors (Lipinski definition) is 5. The van der Waals surface area contributed by atoms with Crippen LogP contribution in [0, 0.1) is 5.92 Å². The van der Waals surface area contributed by atoms with E-state index < -0.39 is 0 Å². The number of ether oxygens (including phenoxy) is 3. The zero-order chi connectivity index (χ0) is 25.8. The van der Waals surface area contributed by atoms with Crippen LogP contribution in [0.25, 0.3) is 0 Å². The lowest BCUT2D eigenvalue weighted by Crippen LogP contribution is -2.62. The highest BCUT2D eigenvalue weighted by Gasteiger charge is 2.56. The maximum Gasteiger partial charge on any atom is 0.410 e. The van der Waals surface area contributed by atoms with Gasteiger partial charge < -0.3 is 24.2 Å². The van der Waals surface area contributed by atoms with Gasteiger partial charge in [0, 0.05) is 18.0 Å². The van der Waals surface area contributed by atoms with E-state index in [1.165, 1.54) is 24.0 Å². The molecule has 0 spiro atoms. The van der Waals surface area contributed by atoms with Gasteiger partial charge in [0.2, 0.25) is 0 Å². The second kappa shape index (κ2) is 11.6. The largest absolute Gasteiger partial charge is 0.490 e. The van der Waals surface area contributed by atoms with E-state index in [1.807, 2.05) is 35.2 Å². The summed E-state index contributed by atoms with van der Waals surface area (Å²) < 4.78 is 19.0. The highest BCUT2D eigenvalue weighted by Crippen LogP contribution is 2.59. The molecule has 3 atom stereocenters. The zero-order valence-corrected chi connectivity index (χ0v) is 23.3. The van der Waals surface area contributed by atoms with Crippen molar-refractivity contribution in [2.75, 3.05) is 26.4 Å². The molecule has 2 aliphatic carbocycles. The molecule has 2 aromatic rings. The van der Waals surface area contributed by atoms with Gasteiger partial charge in [-0.05, 0) is 76.7 Å². The summed E-state index contributed by atoms with van der Waals surface area (Å²) in [6.45, 7) is 3.93. The van der Waals surface area contributed by atoms with Crippen molar-refractivity contribution in [2.24, 2.45) is 5.92 Å². The summed E-state index contributed by atoms with van der Waals surface area (Å²) in [5.41, 5.74) is 3.60. The fourth-order valence-corrected chi connectivity index (χ4v) is 7.49. The summed E-state index contributed by atoms with van der Waals surface area (Å²) in [6.07, 6.45) is 8.16. The van der Waals surface area contributed by atoms with E-state index in [2.05, 4.69) is 28.9 Å². The topological polar surface area (TPSA) is 68.2 Å². The van der Waals surface area contributed by atoms with Crippen molar-refractivity contribution >= 4 is 22.0 Å². The third kappa shape index (κ3) is 5.09. The maximum absolute atomic E-state index is 13.4. The third-order valence-electron chi connectivity index (χ3n) is 8.53. The first kappa shape index (κ1) is 26.4. The number of piperidine rings is 1. The lowest BCUT2D eigenvalue weighted by Gasteiger charge is -2.58. The standard InChI is InChI=1S/C30H38BrNO5/c1-2-3-16-35-26-19-24-22(27(31)28(26)36-17-15-33)18-25-23-11-7-8-12-30(23,24)13-14-32(25)29(34)37-20-21-9-5-4-6-10-21/h4-6,9-10,19,23,25,33H,2-3,7-8,11-18,20H2,1H3/t23-,25+,30+/m1/s1. The van der Waals surface area contributed by atoms with Crippen molar-refractivity contribution in [3.05, 3.63) is 57.6 Å². The van der Waals surface area contributed by atoms with Crippen molar-refractivity contribution in [3.8, 4) is 11.5 Å². The summed E-state index contributed by atoms with van der Waals surface area (Å²) in [4.78, 5) is 15.4. The number of rotatable bonds is 9. The molecule has 1 saturated heterocycles. The summed E-state index contributed by atoms with van der Waals surface area (Å²) in [6, 6.07) is 12.2. The molecule has 200 valence electrons. The number of benzene rings is 2. The van der Waals surface area contributed by atoms with Crippen molar-refractivity contribution in [3.63, 3.8) is 0 Å². The Morgan fingerprint density at radius 2 is 2.00 bits per heavy atom. The molecule has 1 N–H and O–H groups in total. The van der Waals surface area contributed by atoms with E-state index in [9.17, 15) is 9.90 Å². The molecule has 1 aliphatic heterocycles. The molecular weight excluding hydrogens is 534 g/mol. The second-order valence-corrected chi connectivity index (χ2v) is 11.4. The van der Waals surface area contributed by atoms with Crippen molar-refractivity contribution in [2.45, 2.75) is 76.4 Å². The Balaban J connectivity index is 1.48. The minimum absolute atomic E-state index is 0.0353. The van der Waals surface area contributed by atoms with Gasteiger partial charge in [-0.1, -0.05) is 56.5 Å². The Labute approximate surface area is 228 Å². The number of aliphatic hydroxyl groups is 1. The minimum atomic E-state index is -0.219. The first-order valence-corrected chi connectivity index (χ1v) is 14.6. The molecule has 1 amide bonds. The summed E-state index contributed by atoms with van der Waals surface area (Å²) >= 11 is 3.88. The van der Waals surface area contributed by atoms with Crippen LogP contribution < -0.4 is 9.47 Å². The summed E-state index contributed by atoms with van der Waals surface area (Å²) in [5.74, 6) is 1.83. The Kier molecular flexibility index (Phi) is 8.30. The summed E-state index contributed by atoms with van der Waals surface area (Å²) in [5, 5.41) is 9.44. The molecule has 5 rings (SSSR count). The van der Waals surface area contributed by atoms with Gasteiger partial charge in [-0.25, -0.2) is 4.79 Å². The van der Waals surface area contributed by atoms with Crippen molar-refractivity contribution < 1.29 is 24.1 Å². The average molecular weight is 573 g/mol. The van der Waals surface area contributed by atoms with Crippen molar-refractivity contribution in [1.29, 1.82) is 0 Å². The SMILES string of the molecule is CCCCOc1cc2c(c(Br)c1OCCO)C[C@H]1[C@H]3CCCC[C@@]23CCN1C(=O)OCc1ccccc1. The molecule has 1 saturated carbocycles. The molecule has 2 bridgehead atoms. The number of likely N-dealkylation sites (tertiary alicyclic amines) is 1. The lowest BCUT2D eigenvalue weighted by atomic mass is 9.52. The zero-order valence-electron chi connectivity index (χ0n) is 21.7. The predicted octanol–water partition coefficient (Wildman–Crippen LogP) is 6.39. The van der Waals surface area contributed by atoms with Crippen LogP contribution in [-0.2, 0) is 23.2 Å². The van der Waals surface area contributed by atoms with E-state index >= 15 is 0 Å². The first-order chi connectivity index (χ1) is 18.1. The van der Waals surface area contributed by atoms with E-state index in [0.717, 1.165) is 54.3 Å². The predicted molar refractivity (Wildman–Crippen MR) is 146 cm³/mol. The molecule has 0 aromatic heterocycles. The highest BCUT2D eigenvalue weighted by atomic mass is 79.9. The minimum Gasteiger partial charge on any atom is -0.490 e. The number of amides is 1. The van der Waals surface area contributed by atoms with E-state index in [-0.39, 0.29) is 37.4 Å². The Bertz CT molecular complexity index is 1090. The molecule has 0 radical (unpaired) electrons. The van der Waals surface area contributed by atoms with E-state index in [0.29, 0.717) is 24.8 Å². The van der Waals surface area contributed by atoms with Gasteiger partial charge in [0.25, 0.3) is 0 Å². The molecule has 6 nitrogen and oxygen atoms in total. The van der Waals surface area contributed by atoms with Crippen LogP contribution >= 0.6 is 15.9 Å².